The van der Waals surface area contributed by atoms with Gasteiger partial charge in [0.1, 0.15) is 67.0 Å². The molecule has 6 nitrogen and oxygen atoms in total. The average molecular weight is 1720 g/mol. The van der Waals surface area contributed by atoms with E-state index in [1.807, 2.05) is 0 Å². The van der Waals surface area contributed by atoms with E-state index >= 15 is 0 Å². The number of para-hydroxylation sites is 6. The van der Waals surface area contributed by atoms with Crippen LogP contribution in [0.1, 0.15) is 79.0 Å². The summed E-state index contributed by atoms with van der Waals surface area (Å²) in [4.78, 5) is 0. The predicted octanol–water partition coefficient (Wildman–Crippen LogP) is 28.7. The van der Waals surface area contributed by atoms with E-state index in [4.69, 9.17) is 26.5 Å². The molecule has 0 bridgehead atoms. The quantitative estimate of drug-likeness (QED) is 0.141. The average Bonchev–Trinajstić information content (AvgIpc) is 1.65. The highest BCUT2D eigenvalue weighted by Gasteiger charge is 2.46. The minimum absolute atomic E-state index is 0.00520. The van der Waals surface area contributed by atoms with Gasteiger partial charge in [0.25, 0.3) is 0 Å². The Morgan fingerprint density at radius 2 is 0.385 bits per heavy atom. The first-order valence-corrected chi connectivity index (χ1v) is 47.7. The predicted molar refractivity (Wildman–Crippen MR) is 571 cm³/mol. The Labute approximate surface area is 776 Å². The topological polar surface area (TPSA) is 78.8 Å². The SMILES string of the molecule is CC(C)(C)c1cc2c3c(c1)-c1cc4c5ccccc5oc4c4cccc(c14)B3c1cccc3c1c-2cc1c2ccccc2oc31.CC(C)(C)c1cc2c3c(c1)-c1cc4oc5ccccc5c4c4cccc(c14)B3c1cccc3c1c-2cc1oc2ccccc2c13.CC(C)(C)c1cc2c3c(c1)-c1cccc4c1c(cc1c5ccccc5oc41)B3c1cc3c4ccccc4oc3c3cccc-2c13. The van der Waals surface area contributed by atoms with E-state index < -0.39 is 0 Å². The molecule has 0 unspecified atom stereocenters. The molecule has 0 N–H and O–H groups in total. The Kier molecular flexibility index (Phi) is 14.2. The summed E-state index contributed by atoms with van der Waals surface area (Å²) in [5.74, 6) is 0. The van der Waals surface area contributed by atoms with Crippen molar-refractivity contribution >= 4 is 266 Å². The van der Waals surface area contributed by atoms with Crippen LogP contribution in [0.25, 0.3) is 263 Å². The molecule has 6 aliphatic rings. The monoisotopic (exact) mass is 1720 g/mol. The maximum absolute atomic E-state index is 6.61. The lowest BCUT2D eigenvalue weighted by molar-refractivity contribution is 0.590. The maximum atomic E-state index is 6.61. The molecule has 6 aliphatic heterocycles. The van der Waals surface area contributed by atoms with E-state index in [-0.39, 0.29) is 36.4 Å². The Hall–Kier alpha value is -15.8. The van der Waals surface area contributed by atoms with Crippen molar-refractivity contribution in [3.63, 3.8) is 0 Å². The highest BCUT2D eigenvalue weighted by atomic mass is 16.3. The lowest BCUT2D eigenvalue weighted by Crippen LogP contribution is -2.57. The first kappa shape index (κ1) is 74.8. The third-order valence-electron chi connectivity index (χ3n) is 31.8. The van der Waals surface area contributed by atoms with Gasteiger partial charge in [0, 0.05) is 86.2 Å². The Balaban J connectivity index is 0.0000000945. The van der Waals surface area contributed by atoms with Crippen LogP contribution < -0.4 is 49.2 Å². The number of rotatable bonds is 0. The van der Waals surface area contributed by atoms with Crippen LogP contribution in [-0.2, 0) is 16.2 Å². The van der Waals surface area contributed by atoms with E-state index in [9.17, 15) is 0 Å². The van der Waals surface area contributed by atoms with Crippen LogP contribution in [0.15, 0.2) is 354 Å². The molecule has 0 spiro atoms. The Morgan fingerprint density at radius 3 is 0.696 bits per heavy atom. The third kappa shape index (κ3) is 9.76. The normalized spacial score (nSPS) is 13.6. The summed E-state index contributed by atoms with van der Waals surface area (Å²) < 4.78 is 39.5. The largest absolute Gasteiger partial charge is 0.456 e. The van der Waals surface area contributed by atoms with Crippen LogP contribution in [0.5, 0.6) is 0 Å². The molecule has 0 saturated carbocycles. The van der Waals surface area contributed by atoms with Gasteiger partial charge >= 0.3 is 0 Å². The number of benzene rings is 21. The molecule has 630 valence electrons. The molecule has 0 radical (unpaired) electrons. The van der Waals surface area contributed by atoms with Crippen LogP contribution in [0.3, 0.4) is 0 Å². The van der Waals surface area contributed by atoms with Gasteiger partial charge in [-0.1, -0.05) is 378 Å². The Morgan fingerprint density at radius 1 is 0.156 bits per heavy atom. The molecule has 135 heavy (non-hydrogen) atoms. The van der Waals surface area contributed by atoms with Gasteiger partial charge in [-0.3, -0.25) is 0 Å². The number of hydrogen-bond acceptors (Lipinski definition) is 6. The fourth-order valence-corrected chi connectivity index (χ4v) is 25.9. The van der Waals surface area contributed by atoms with E-state index in [1.54, 1.807) is 0 Å². The molecule has 0 atom stereocenters. The molecular weight excluding hydrogens is 1640 g/mol. The molecule has 27 aromatic rings. The van der Waals surface area contributed by atoms with Gasteiger partial charge < -0.3 is 26.5 Å². The highest BCUT2D eigenvalue weighted by Crippen LogP contribution is 2.53. The Bertz CT molecular complexity index is 9700. The van der Waals surface area contributed by atoms with Crippen molar-refractivity contribution in [2.24, 2.45) is 0 Å². The van der Waals surface area contributed by atoms with Crippen molar-refractivity contribution in [1.82, 2.24) is 0 Å². The van der Waals surface area contributed by atoms with Crippen LogP contribution >= 0.6 is 0 Å². The fourth-order valence-electron chi connectivity index (χ4n) is 25.9. The molecule has 0 aliphatic carbocycles. The second kappa shape index (κ2) is 25.7. The van der Waals surface area contributed by atoms with E-state index in [0.29, 0.717) is 0 Å². The second-order valence-corrected chi connectivity index (χ2v) is 42.0. The van der Waals surface area contributed by atoms with Crippen molar-refractivity contribution in [3.8, 4) is 66.8 Å². The van der Waals surface area contributed by atoms with Crippen molar-refractivity contribution in [2.45, 2.75) is 78.6 Å². The van der Waals surface area contributed by atoms with Crippen LogP contribution in [0.2, 0.25) is 0 Å². The van der Waals surface area contributed by atoms with Crippen molar-refractivity contribution in [3.05, 3.63) is 344 Å². The minimum Gasteiger partial charge on any atom is -0.456 e. The molecule has 33 rings (SSSR count). The van der Waals surface area contributed by atoms with Crippen LogP contribution in [0.4, 0.5) is 0 Å². The molecular formula is C126H81B3O6. The van der Waals surface area contributed by atoms with E-state index in [0.717, 1.165) is 67.0 Å². The van der Waals surface area contributed by atoms with Crippen molar-refractivity contribution in [1.29, 1.82) is 0 Å². The molecule has 6 aromatic heterocycles. The van der Waals surface area contributed by atoms with Gasteiger partial charge in [0.15, 0.2) is 0 Å². The van der Waals surface area contributed by atoms with Crippen LogP contribution in [-0.4, -0.2) is 20.1 Å². The summed E-state index contributed by atoms with van der Waals surface area (Å²) in [7, 11) is 0. The molecule has 12 heterocycles. The van der Waals surface area contributed by atoms with Crippen molar-refractivity contribution < 1.29 is 26.5 Å². The lowest BCUT2D eigenvalue weighted by atomic mass is 9.31. The zero-order chi connectivity index (χ0) is 89.3. The summed E-state index contributed by atoms with van der Waals surface area (Å²) in [6.07, 6.45) is 0. The summed E-state index contributed by atoms with van der Waals surface area (Å²) in [5, 5.41) is 29.4. The summed E-state index contributed by atoms with van der Waals surface area (Å²) in [6, 6.07) is 121. The summed E-state index contributed by atoms with van der Waals surface area (Å²) in [6.45, 7) is 21.2. The van der Waals surface area contributed by atoms with Gasteiger partial charge in [0.05, 0.1) is 0 Å². The standard InChI is InChI=1S/3C42H27BO2/c1-42(2,3)22-18-29-27-20-31-23-10-4-6-16-35(23)44-40(31)25-12-8-14-33(37(25)27)43-34-15-9-13-26-38(34)28(30(19-22)39(29)43)21-32-24-11-5-7-17-36(24)45-41(26)32;1-42(2,3)22-18-29-27-20-35-39(23-10-4-6-16-33(23)44-35)25-12-8-14-31(37(25)27)43-32-15-9-13-26-38(32)28(30(19-22)41(29)43)21-36-40(26)24-11-5-7-17-34(24)45-36;1-42(2,3)22-18-29-25-12-8-14-27-37(25)33(20-31-23-10-4-6-16-35(23)44-40(27)31)43-34-21-32-24-11-5-7-17-36(24)45-41(32)28-15-9-13-26(38(28)34)30(19-22)39(29)43/h3*4-21H,1-3H3. The summed E-state index contributed by atoms with van der Waals surface area (Å²) >= 11 is 0. The first-order valence-electron chi connectivity index (χ1n) is 47.7. The molecule has 0 saturated heterocycles. The number of fused-ring (bicyclic) bond motifs is 36. The van der Waals surface area contributed by atoms with Crippen molar-refractivity contribution in [2.75, 3.05) is 0 Å². The van der Waals surface area contributed by atoms with Gasteiger partial charge in [-0.05, 0) is 203 Å². The second-order valence-electron chi connectivity index (χ2n) is 42.0. The lowest BCUT2D eigenvalue weighted by Gasteiger charge is -2.36. The highest BCUT2D eigenvalue weighted by molar-refractivity contribution is 7.03. The van der Waals surface area contributed by atoms with Gasteiger partial charge in [-0.15, -0.1) is 0 Å². The number of furan rings is 6. The number of hydrogen-bond donors (Lipinski definition) is 0. The first-order chi connectivity index (χ1) is 65.9. The van der Waals surface area contributed by atoms with Gasteiger partial charge in [0.2, 0.25) is 20.1 Å². The minimum atomic E-state index is -0.0277. The summed E-state index contributed by atoms with van der Waals surface area (Å²) in [5.41, 5.74) is 43.6. The van der Waals surface area contributed by atoms with E-state index in [1.165, 1.54) is 262 Å². The van der Waals surface area contributed by atoms with E-state index in [2.05, 4.69) is 390 Å². The fraction of sp³-hybridized carbons (Fsp3) is 0.0952. The zero-order valence-electron chi connectivity index (χ0n) is 75.9. The third-order valence-corrected chi connectivity index (χ3v) is 31.8. The molecule has 0 fully saturated rings. The van der Waals surface area contributed by atoms with Crippen LogP contribution in [0, 0.1) is 0 Å². The molecule has 9 heteroatoms. The molecule has 0 amide bonds. The maximum Gasteiger partial charge on any atom is 0.244 e. The zero-order valence-corrected chi connectivity index (χ0v) is 75.9. The van der Waals surface area contributed by atoms with Gasteiger partial charge in [-0.25, -0.2) is 0 Å². The van der Waals surface area contributed by atoms with Gasteiger partial charge in [-0.2, -0.15) is 0 Å². The molecule has 21 aromatic carbocycles. The smallest absolute Gasteiger partial charge is 0.244 e.